The van der Waals surface area contributed by atoms with Crippen molar-refractivity contribution in [3.63, 3.8) is 0 Å². The van der Waals surface area contributed by atoms with Crippen LogP contribution in [0.5, 0.6) is 0 Å². The van der Waals surface area contributed by atoms with Crippen LogP contribution in [-0.2, 0) is 4.79 Å². The van der Waals surface area contributed by atoms with Crippen LogP contribution < -0.4 is 0 Å². The second-order valence-electron chi connectivity index (χ2n) is 5.00. The molecule has 1 aliphatic heterocycles. The Labute approximate surface area is 129 Å². The van der Waals surface area contributed by atoms with Gasteiger partial charge in [-0.1, -0.05) is 60.7 Å². The second-order valence-corrected chi connectivity index (χ2v) is 6.35. The second kappa shape index (κ2) is 6.15. The van der Waals surface area contributed by atoms with Crippen molar-refractivity contribution in [3.8, 4) is 0 Å². The predicted molar refractivity (Wildman–Crippen MR) is 90.9 cm³/mol. The molecule has 0 saturated heterocycles. The molecule has 1 aliphatic rings. The first-order chi connectivity index (χ1) is 10.3. The van der Waals surface area contributed by atoms with E-state index >= 15 is 0 Å². The van der Waals surface area contributed by atoms with Gasteiger partial charge in [0.2, 0.25) is 0 Å². The summed E-state index contributed by atoms with van der Waals surface area (Å²) >= 11 is 1.76. The summed E-state index contributed by atoms with van der Waals surface area (Å²) in [6, 6.07) is 20.6. The quantitative estimate of drug-likeness (QED) is 0.755. The Morgan fingerprint density at radius 1 is 0.905 bits per heavy atom. The summed E-state index contributed by atoms with van der Waals surface area (Å²) in [5.74, 6) is 0. The Morgan fingerprint density at radius 3 is 2.05 bits per heavy atom. The van der Waals surface area contributed by atoms with Crippen molar-refractivity contribution in [3.05, 3.63) is 83.4 Å². The SMILES string of the molecule is CC1SC(c2ccccc2)=C(c2ccccc2)C=C1C=O. The summed E-state index contributed by atoms with van der Waals surface area (Å²) in [5, 5.41) is 0.185. The lowest BCUT2D eigenvalue weighted by Gasteiger charge is -2.23. The van der Waals surface area contributed by atoms with E-state index in [0.29, 0.717) is 0 Å². The van der Waals surface area contributed by atoms with Gasteiger partial charge in [0.15, 0.2) is 0 Å². The predicted octanol–water partition coefficient (Wildman–Crippen LogP) is 4.82. The molecule has 1 nitrogen and oxygen atoms in total. The summed E-state index contributed by atoms with van der Waals surface area (Å²) in [6.45, 7) is 2.08. The van der Waals surface area contributed by atoms with Crippen molar-refractivity contribution >= 4 is 28.5 Å². The Balaban J connectivity index is 2.20. The molecule has 0 bridgehead atoms. The normalized spacial score (nSPS) is 18.3. The molecule has 1 heterocycles. The molecule has 2 aromatic carbocycles. The van der Waals surface area contributed by atoms with Crippen LogP contribution in [0.25, 0.3) is 10.5 Å². The van der Waals surface area contributed by atoms with Crippen LogP contribution in [0.4, 0.5) is 0 Å². The average Bonchev–Trinajstić information content (AvgIpc) is 2.56. The number of hydrogen-bond acceptors (Lipinski definition) is 2. The van der Waals surface area contributed by atoms with Crippen molar-refractivity contribution in [2.75, 3.05) is 0 Å². The molecule has 21 heavy (non-hydrogen) atoms. The maximum absolute atomic E-state index is 11.3. The maximum atomic E-state index is 11.3. The van der Waals surface area contributed by atoms with E-state index in [1.165, 1.54) is 10.5 Å². The van der Waals surface area contributed by atoms with Gasteiger partial charge in [-0.05, 0) is 29.7 Å². The van der Waals surface area contributed by atoms with E-state index in [9.17, 15) is 4.79 Å². The molecule has 0 aromatic heterocycles. The monoisotopic (exact) mass is 292 g/mol. The molecule has 0 radical (unpaired) electrons. The van der Waals surface area contributed by atoms with Gasteiger partial charge in [-0.15, -0.1) is 11.8 Å². The lowest BCUT2D eigenvalue weighted by molar-refractivity contribution is -0.104. The third-order valence-corrected chi connectivity index (χ3v) is 4.89. The Bertz CT molecular complexity index is 699. The van der Waals surface area contributed by atoms with Crippen LogP contribution in [0.2, 0.25) is 0 Å². The third-order valence-electron chi connectivity index (χ3n) is 3.58. The zero-order valence-corrected chi connectivity index (χ0v) is 12.6. The number of thioether (sulfide) groups is 1. The van der Waals surface area contributed by atoms with Gasteiger partial charge in [-0.2, -0.15) is 0 Å². The Morgan fingerprint density at radius 2 is 1.48 bits per heavy atom. The highest BCUT2D eigenvalue weighted by molar-refractivity contribution is 8.09. The lowest BCUT2D eigenvalue weighted by Crippen LogP contribution is -2.08. The smallest absolute Gasteiger partial charge is 0.147 e. The van der Waals surface area contributed by atoms with Crippen molar-refractivity contribution in [1.29, 1.82) is 0 Å². The molecular formula is C19H16OS. The summed E-state index contributed by atoms with van der Waals surface area (Å²) in [4.78, 5) is 12.5. The molecule has 0 aliphatic carbocycles. The summed E-state index contributed by atoms with van der Waals surface area (Å²) in [5.41, 5.74) is 4.33. The Hall–Kier alpha value is -2.06. The molecule has 2 heteroatoms. The lowest BCUT2D eigenvalue weighted by atomic mass is 9.98. The van der Waals surface area contributed by atoms with Gasteiger partial charge < -0.3 is 0 Å². The molecular weight excluding hydrogens is 276 g/mol. The molecule has 0 amide bonds. The van der Waals surface area contributed by atoms with Crippen LogP contribution in [-0.4, -0.2) is 11.5 Å². The third kappa shape index (κ3) is 2.86. The first-order valence-corrected chi connectivity index (χ1v) is 7.86. The number of hydrogen-bond donors (Lipinski definition) is 0. The number of carbonyl (C=O) groups is 1. The maximum Gasteiger partial charge on any atom is 0.147 e. The minimum absolute atomic E-state index is 0.185. The van der Waals surface area contributed by atoms with Gasteiger partial charge in [0, 0.05) is 15.7 Å². The minimum Gasteiger partial charge on any atom is -0.298 e. The average molecular weight is 292 g/mol. The van der Waals surface area contributed by atoms with Gasteiger partial charge >= 0.3 is 0 Å². The zero-order valence-electron chi connectivity index (χ0n) is 11.8. The van der Waals surface area contributed by atoms with E-state index in [4.69, 9.17) is 0 Å². The highest BCUT2D eigenvalue weighted by Crippen LogP contribution is 2.44. The summed E-state index contributed by atoms with van der Waals surface area (Å²) < 4.78 is 0. The van der Waals surface area contributed by atoms with Crippen molar-refractivity contribution in [1.82, 2.24) is 0 Å². The van der Waals surface area contributed by atoms with E-state index in [2.05, 4.69) is 43.3 Å². The number of benzene rings is 2. The van der Waals surface area contributed by atoms with Gasteiger partial charge in [-0.3, -0.25) is 4.79 Å². The molecule has 0 saturated carbocycles. The standard InChI is InChI=1S/C19H16OS/c1-14-17(13-20)12-18(15-8-4-2-5-9-15)19(21-14)16-10-6-3-7-11-16/h2-14H,1H3. The van der Waals surface area contributed by atoms with E-state index < -0.39 is 0 Å². The van der Waals surface area contributed by atoms with E-state index in [1.807, 2.05) is 30.3 Å². The molecule has 0 fully saturated rings. The first kappa shape index (κ1) is 13.9. The molecule has 3 rings (SSSR count). The van der Waals surface area contributed by atoms with Crippen LogP contribution in [0.15, 0.2) is 72.3 Å². The number of carbonyl (C=O) groups excluding carboxylic acids is 1. The fourth-order valence-corrected chi connectivity index (χ4v) is 3.62. The number of rotatable bonds is 3. The summed E-state index contributed by atoms with van der Waals surface area (Å²) in [6.07, 6.45) is 3.01. The summed E-state index contributed by atoms with van der Waals surface area (Å²) in [7, 11) is 0. The molecule has 0 spiro atoms. The van der Waals surface area contributed by atoms with E-state index in [0.717, 1.165) is 23.0 Å². The first-order valence-electron chi connectivity index (χ1n) is 6.98. The minimum atomic E-state index is 0.185. The fraction of sp³-hybridized carbons (Fsp3) is 0.105. The van der Waals surface area contributed by atoms with Crippen LogP contribution in [0, 0.1) is 0 Å². The van der Waals surface area contributed by atoms with Crippen LogP contribution in [0.3, 0.4) is 0 Å². The van der Waals surface area contributed by atoms with Gasteiger partial charge in [0.25, 0.3) is 0 Å². The van der Waals surface area contributed by atoms with Crippen molar-refractivity contribution in [2.24, 2.45) is 0 Å². The number of aldehydes is 1. The number of allylic oxidation sites excluding steroid dienone is 2. The largest absolute Gasteiger partial charge is 0.298 e. The fourth-order valence-electron chi connectivity index (χ4n) is 2.43. The molecule has 2 aromatic rings. The van der Waals surface area contributed by atoms with Crippen molar-refractivity contribution < 1.29 is 4.79 Å². The topological polar surface area (TPSA) is 17.1 Å². The van der Waals surface area contributed by atoms with Crippen molar-refractivity contribution in [2.45, 2.75) is 12.2 Å². The van der Waals surface area contributed by atoms with Gasteiger partial charge in [0.1, 0.15) is 6.29 Å². The Kier molecular flexibility index (Phi) is 4.07. The zero-order chi connectivity index (χ0) is 14.7. The van der Waals surface area contributed by atoms with Gasteiger partial charge in [-0.25, -0.2) is 0 Å². The molecule has 104 valence electrons. The molecule has 1 unspecified atom stereocenters. The van der Waals surface area contributed by atoms with E-state index in [-0.39, 0.29) is 5.25 Å². The molecule has 0 N–H and O–H groups in total. The van der Waals surface area contributed by atoms with Crippen LogP contribution in [0.1, 0.15) is 18.1 Å². The van der Waals surface area contributed by atoms with E-state index in [1.54, 1.807) is 11.8 Å². The van der Waals surface area contributed by atoms with Gasteiger partial charge in [0.05, 0.1) is 0 Å². The van der Waals surface area contributed by atoms with Crippen LogP contribution >= 0.6 is 11.8 Å². The molecule has 1 atom stereocenters. The highest BCUT2D eigenvalue weighted by atomic mass is 32.2. The highest BCUT2D eigenvalue weighted by Gasteiger charge is 2.22.